The Morgan fingerprint density at radius 2 is 1.35 bits per heavy atom. The van der Waals surface area contributed by atoms with Gasteiger partial charge in [0.15, 0.2) is 0 Å². The highest BCUT2D eigenvalue weighted by atomic mass is 32.3. The molecule has 0 N–H and O–H groups in total. The van der Waals surface area contributed by atoms with Crippen LogP contribution in [0.2, 0.25) is 0 Å². The van der Waals surface area contributed by atoms with Crippen molar-refractivity contribution in [2.45, 2.75) is 50.6 Å². The molecule has 2 bridgehead atoms. The molecule has 2 fully saturated rings. The predicted molar refractivity (Wildman–Crippen MR) is 64.1 cm³/mol. The largest absolute Gasteiger partial charge is 0.726 e. The molecular weight excluding hydrogens is 242 g/mol. The van der Waals surface area contributed by atoms with Crippen LogP contribution in [0.3, 0.4) is 0 Å². The minimum absolute atomic E-state index is 0.808. The van der Waals surface area contributed by atoms with Gasteiger partial charge in [0.2, 0.25) is 10.4 Å². The first-order valence-corrected chi connectivity index (χ1v) is 7.45. The van der Waals surface area contributed by atoms with E-state index in [-0.39, 0.29) is 0 Å². The lowest BCUT2D eigenvalue weighted by molar-refractivity contribution is -0.949. The van der Waals surface area contributed by atoms with Crippen LogP contribution in [-0.4, -0.2) is 50.7 Å². The minimum Gasteiger partial charge on any atom is -0.726 e. The molecule has 102 valence electrons. The Morgan fingerprint density at radius 3 is 1.53 bits per heavy atom. The maximum Gasteiger partial charge on any atom is 0.217 e. The predicted octanol–water partition coefficient (Wildman–Crippen LogP) is 1.26. The van der Waals surface area contributed by atoms with Crippen LogP contribution in [0.4, 0.5) is 0 Å². The lowest BCUT2D eigenvalue weighted by Crippen LogP contribution is -2.60. The second-order valence-electron chi connectivity index (χ2n) is 5.37. The van der Waals surface area contributed by atoms with E-state index in [2.05, 4.69) is 18.3 Å². The summed E-state index contributed by atoms with van der Waals surface area (Å²) in [5.41, 5.74) is 0. The normalized spacial score (nSPS) is 31.3. The van der Waals surface area contributed by atoms with Crippen LogP contribution in [0, 0.1) is 0 Å². The standard InChI is InChI=1S/C10H20N.CH4O4S/c1-11(2)9-5-3-6-10(11)8-4-7-9;1-5-6(2,3)4/h9-10H,3-8H2,1-2H3;1H3,(H,2,3,4)/q+1;/p-1. The number of nitrogens with zero attached hydrogens (tertiary/aromatic N) is 1. The first-order chi connectivity index (χ1) is 7.77. The Balaban J connectivity index is 0.000000209. The lowest BCUT2D eigenvalue weighted by atomic mass is 9.83. The number of rotatable bonds is 1. The van der Waals surface area contributed by atoms with Gasteiger partial charge < -0.3 is 9.04 Å². The number of hydrogen-bond donors (Lipinski definition) is 0. The molecule has 2 heterocycles. The summed E-state index contributed by atoms with van der Waals surface area (Å²) in [5, 5.41) is 0. The molecule has 2 saturated heterocycles. The fourth-order valence-electron chi connectivity index (χ4n) is 3.10. The number of piperidine rings is 2. The van der Waals surface area contributed by atoms with Gasteiger partial charge in [0.25, 0.3) is 0 Å². The number of fused-ring (bicyclic) bond motifs is 2. The van der Waals surface area contributed by atoms with E-state index in [0.717, 1.165) is 19.2 Å². The third-order valence-electron chi connectivity index (χ3n) is 4.24. The van der Waals surface area contributed by atoms with Crippen LogP contribution in [0.5, 0.6) is 0 Å². The third kappa shape index (κ3) is 4.21. The summed E-state index contributed by atoms with van der Waals surface area (Å²) in [5.74, 6) is 0. The molecule has 0 unspecified atom stereocenters. The molecule has 0 aromatic heterocycles. The first kappa shape index (κ1) is 14.9. The van der Waals surface area contributed by atoms with E-state index in [1.165, 1.54) is 43.0 Å². The number of hydrogen-bond acceptors (Lipinski definition) is 4. The van der Waals surface area contributed by atoms with Gasteiger partial charge in [-0.3, -0.25) is 4.18 Å². The maximum absolute atomic E-state index is 9.22. The summed E-state index contributed by atoms with van der Waals surface area (Å²) in [7, 11) is 1.27. The van der Waals surface area contributed by atoms with Gasteiger partial charge in [-0.2, -0.15) is 0 Å². The van der Waals surface area contributed by atoms with E-state index in [1.54, 1.807) is 0 Å². The van der Waals surface area contributed by atoms with Gasteiger partial charge >= 0.3 is 0 Å². The summed E-state index contributed by atoms with van der Waals surface area (Å²) in [6.07, 6.45) is 8.95. The number of quaternary nitrogens is 1. The van der Waals surface area contributed by atoms with Crippen LogP contribution in [0.25, 0.3) is 0 Å². The highest BCUT2D eigenvalue weighted by Crippen LogP contribution is 2.37. The lowest BCUT2D eigenvalue weighted by Gasteiger charge is -2.51. The molecule has 6 heteroatoms. The van der Waals surface area contributed by atoms with Crippen molar-refractivity contribution < 1.29 is 21.6 Å². The van der Waals surface area contributed by atoms with E-state index in [4.69, 9.17) is 0 Å². The van der Waals surface area contributed by atoms with Gasteiger partial charge in [-0.1, -0.05) is 0 Å². The molecule has 0 radical (unpaired) electrons. The minimum atomic E-state index is -4.41. The Labute approximate surface area is 104 Å². The SMILES string of the molecule is COS(=O)(=O)[O-].C[N+]1(C)C2CCCC1CCC2. The zero-order valence-electron chi connectivity index (χ0n) is 10.9. The average Bonchev–Trinajstić information content (AvgIpc) is 2.15. The van der Waals surface area contributed by atoms with Gasteiger partial charge in [-0.15, -0.1) is 0 Å². The van der Waals surface area contributed by atoms with Crippen molar-refractivity contribution in [2.24, 2.45) is 0 Å². The van der Waals surface area contributed by atoms with E-state index in [0.29, 0.717) is 0 Å². The van der Waals surface area contributed by atoms with Gasteiger partial charge in [-0.25, -0.2) is 8.42 Å². The maximum atomic E-state index is 9.22. The monoisotopic (exact) mass is 265 g/mol. The molecule has 0 amide bonds. The molecule has 0 saturated carbocycles. The van der Waals surface area contributed by atoms with Crippen molar-refractivity contribution in [1.82, 2.24) is 0 Å². The third-order valence-corrected chi connectivity index (χ3v) is 4.64. The Hall–Kier alpha value is -0.170. The van der Waals surface area contributed by atoms with Crippen molar-refractivity contribution in [1.29, 1.82) is 0 Å². The van der Waals surface area contributed by atoms with Crippen LogP contribution < -0.4 is 0 Å². The molecule has 5 nitrogen and oxygen atoms in total. The highest BCUT2D eigenvalue weighted by molar-refractivity contribution is 7.80. The highest BCUT2D eigenvalue weighted by Gasteiger charge is 2.42. The molecule has 2 rings (SSSR count). The van der Waals surface area contributed by atoms with Crippen LogP contribution in [0.1, 0.15) is 38.5 Å². The van der Waals surface area contributed by atoms with E-state index in [1.807, 2.05) is 0 Å². The summed E-state index contributed by atoms with van der Waals surface area (Å²) < 4.78 is 32.4. The van der Waals surface area contributed by atoms with E-state index >= 15 is 0 Å². The quantitative estimate of drug-likeness (QED) is 0.407. The smallest absolute Gasteiger partial charge is 0.217 e. The van der Waals surface area contributed by atoms with Gasteiger partial charge in [0.05, 0.1) is 33.3 Å². The molecule has 0 spiro atoms. The zero-order valence-corrected chi connectivity index (χ0v) is 11.7. The topological polar surface area (TPSA) is 66.4 Å². The summed E-state index contributed by atoms with van der Waals surface area (Å²) >= 11 is 0. The van der Waals surface area contributed by atoms with Gasteiger partial charge in [0, 0.05) is 0 Å². The van der Waals surface area contributed by atoms with Gasteiger partial charge in [0.1, 0.15) is 0 Å². The Bertz CT molecular complexity index is 315. The summed E-state index contributed by atoms with van der Waals surface area (Å²) in [4.78, 5) is 0. The second kappa shape index (κ2) is 5.65. The molecule has 0 aromatic carbocycles. The molecular formula is C11H23NO4S. The molecule has 2 aliphatic rings. The fourth-order valence-corrected chi connectivity index (χ4v) is 3.10. The Morgan fingerprint density at radius 1 is 1.06 bits per heavy atom. The molecule has 0 aromatic rings. The van der Waals surface area contributed by atoms with Crippen molar-refractivity contribution in [3.8, 4) is 0 Å². The summed E-state index contributed by atoms with van der Waals surface area (Å²) in [6, 6.07) is 2.00. The molecule has 0 atom stereocenters. The van der Waals surface area contributed by atoms with E-state index < -0.39 is 10.4 Å². The molecule has 17 heavy (non-hydrogen) atoms. The van der Waals surface area contributed by atoms with Crippen LogP contribution in [0.15, 0.2) is 0 Å². The van der Waals surface area contributed by atoms with Crippen LogP contribution >= 0.6 is 0 Å². The zero-order chi connectivity index (χ0) is 13.1. The van der Waals surface area contributed by atoms with Crippen molar-refractivity contribution in [2.75, 3.05) is 21.2 Å². The van der Waals surface area contributed by atoms with Crippen molar-refractivity contribution >= 4 is 10.4 Å². The first-order valence-electron chi connectivity index (χ1n) is 6.12. The van der Waals surface area contributed by atoms with E-state index in [9.17, 15) is 13.0 Å². The molecule has 2 aliphatic heterocycles. The molecule has 0 aliphatic carbocycles. The van der Waals surface area contributed by atoms with Gasteiger partial charge in [-0.05, 0) is 38.5 Å². The van der Waals surface area contributed by atoms with Crippen molar-refractivity contribution in [3.63, 3.8) is 0 Å². The second-order valence-corrected chi connectivity index (χ2v) is 6.52. The fraction of sp³-hybridized carbons (Fsp3) is 1.00. The van der Waals surface area contributed by atoms with Crippen molar-refractivity contribution in [3.05, 3.63) is 0 Å². The average molecular weight is 265 g/mol. The summed E-state index contributed by atoms with van der Waals surface area (Å²) in [6.45, 7) is 0. The van der Waals surface area contributed by atoms with Crippen LogP contribution in [-0.2, 0) is 14.6 Å². The Kier molecular flexibility index (Phi) is 4.95.